The number of carbonyl (C=O) groups is 3. The fourth-order valence-electron chi connectivity index (χ4n) is 7.15. The molecular formula is C26H31NO4. The highest BCUT2D eigenvalue weighted by atomic mass is 16.5. The largest absolute Gasteiger partial charge is 0.497 e. The van der Waals surface area contributed by atoms with E-state index in [1.54, 1.807) is 7.11 Å². The zero-order chi connectivity index (χ0) is 22.0. The summed E-state index contributed by atoms with van der Waals surface area (Å²) < 4.78 is 5.25. The Balaban J connectivity index is 1.49. The SMILES string of the molecule is COc1ccc(CN2C(=O)CC[C@@]3(C)C2=CCC2[C@@H]3C(=O)C[C@]3(C)C(=O)CC[C@@H]23)cc1. The minimum Gasteiger partial charge on any atom is -0.497 e. The molecule has 5 nitrogen and oxygen atoms in total. The lowest BCUT2D eigenvalue weighted by Crippen LogP contribution is -2.57. The van der Waals surface area contributed by atoms with Crippen molar-refractivity contribution in [3.63, 3.8) is 0 Å². The highest BCUT2D eigenvalue weighted by molar-refractivity contribution is 5.96. The molecule has 1 saturated heterocycles. The Morgan fingerprint density at radius 2 is 1.81 bits per heavy atom. The van der Waals surface area contributed by atoms with Crippen LogP contribution in [0, 0.1) is 28.6 Å². The van der Waals surface area contributed by atoms with Crippen LogP contribution in [-0.2, 0) is 20.9 Å². The summed E-state index contributed by atoms with van der Waals surface area (Å²) >= 11 is 0. The van der Waals surface area contributed by atoms with E-state index < -0.39 is 5.41 Å². The molecule has 5 rings (SSSR count). The fourth-order valence-corrected chi connectivity index (χ4v) is 7.15. The van der Waals surface area contributed by atoms with Gasteiger partial charge in [-0.3, -0.25) is 14.4 Å². The molecule has 0 bridgehead atoms. The Bertz CT molecular complexity index is 980. The summed E-state index contributed by atoms with van der Waals surface area (Å²) in [6.45, 7) is 4.71. The van der Waals surface area contributed by atoms with Gasteiger partial charge >= 0.3 is 0 Å². The van der Waals surface area contributed by atoms with Gasteiger partial charge in [0.25, 0.3) is 0 Å². The Morgan fingerprint density at radius 1 is 1.06 bits per heavy atom. The maximum absolute atomic E-state index is 13.5. The number of nitrogens with zero attached hydrogens (tertiary/aromatic N) is 1. The molecule has 1 unspecified atom stereocenters. The van der Waals surface area contributed by atoms with Crippen molar-refractivity contribution in [2.45, 2.75) is 58.9 Å². The first kappa shape index (κ1) is 20.5. The summed E-state index contributed by atoms with van der Waals surface area (Å²) in [5, 5.41) is 0. The summed E-state index contributed by atoms with van der Waals surface area (Å²) in [4.78, 5) is 41.0. The molecule has 3 fully saturated rings. The van der Waals surface area contributed by atoms with E-state index in [9.17, 15) is 14.4 Å². The highest BCUT2D eigenvalue weighted by Crippen LogP contribution is 2.62. The number of fused-ring (bicyclic) bond motifs is 5. The molecule has 3 aliphatic carbocycles. The first-order chi connectivity index (χ1) is 14.8. The number of amides is 1. The van der Waals surface area contributed by atoms with Crippen LogP contribution in [0.2, 0.25) is 0 Å². The monoisotopic (exact) mass is 421 g/mol. The number of benzene rings is 1. The van der Waals surface area contributed by atoms with Crippen molar-refractivity contribution in [1.29, 1.82) is 0 Å². The molecule has 1 aliphatic heterocycles. The Labute approximate surface area is 183 Å². The predicted molar refractivity (Wildman–Crippen MR) is 116 cm³/mol. The van der Waals surface area contributed by atoms with Gasteiger partial charge in [0.15, 0.2) is 0 Å². The van der Waals surface area contributed by atoms with E-state index in [-0.39, 0.29) is 40.6 Å². The highest BCUT2D eigenvalue weighted by Gasteiger charge is 2.62. The second-order valence-electron chi connectivity index (χ2n) is 10.3. The normalized spacial score (nSPS) is 37.1. The standard InChI is InChI=1S/C26H31NO4/c1-25-13-12-23(30)27(15-16-4-6-17(31-3)7-5-16)21(25)10-8-18-19-9-11-22(29)26(19,2)14-20(28)24(18)25/h4-7,10,18-19,24H,8-9,11-15H2,1-3H3/t18?,19-,24+,25-,26-/m0/s1. The van der Waals surface area contributed by atoms with Crippen molar-refractivity contribution < 1.29 is 19.1 Å². The van der Waals surface area contributed by atoms with E-state index in [1.165, 1.54) is 0 Å². The average Bonchev–Trinajstić information content (AvgIpc) is 3.04. The summed E-state index contributed by atoms with van der Waals surface area (Å²) in [5.74, 6) is 1.81. The first-order valence-electron chi connectivity index (χ1n) is 11.5. The number of rotatable bonds is 3. The molecule has 0 radical (unpaired) electrons. The Kier molecular flexibility index (Phi) is 4.65. The van der Waals surface area contributed by atoms with Gasteiger partial charge in [0.05, 0.1) is 13.7 Å². The molecule has 5 atom stereocenters. The quantitative estimate of drug-likeness (QED) is 0.730. The Morgan fingerprint density at radius 3 is 2.52 bits per heavy atom. The van der Waals surface area contributed by atoms with Crippen LogP contribution in [0.25, 0.3) is 0 Å². The van der Waals surface area contributed by atoms with E-state index in [0.717, 1.165) is 29.9 Å². The predicted octanol–water partition coefficient (Wildman–Crippen LogP) is 4.30. The number of hydrogen-bond donors (Lipinski definition) is 0. The number of allylic oxidation sites excluding steroid dienone is 2. The lowest BCUT2D eigenvalue weighted by molar-refractivity contribution is -0.152. The molecule has 1 aromatic carbocycles. The second kappa shape index (κ2) is 7.04. The topological polar surface area (TPSA) is 63.7 Å². The van der Waals surface area contributed by atoms with E-state index in [2.05, 4.69) is 13.0 Å². The van der Waals surface area contributed by atoms with E-state index in [1.807, 2.05) is 36.1 Å². The number of ketones is 2. The molecule has 1 amide bonds. The second-order valence-corrected chi connectivity index (χ2v) is 10.3. The first-order valence-corrected chi connectivity index (χ1v) is 11.5. The van der Waals surface area contributed by atoms with Crippen LogP contribution in [-0.4, -0.2) is 29.5 Å². The number of methoxy groups -OCH3 is 1. The van der Waals surface area contributed by atoms with Gasteiger partial charge in [-0.15, -0.1) is 0 Å². The number of carbonyl (C=O) groups excluding carboxylic acids is 3. The smallest absolute Gasteiger partial charge is 0.227 e. The zero-order valence-electron chi connectivity index (χ0n) is 18.6. The molecule has 1 aromatic rings. The summed E-state index contributed by atoms with van der Waals surface area (Å²) in [6, 6.07) is 7.81. The van der Waals surface area contributed by atoms with Crippen molar-refractivity contribution in [3.8, 4) is 5.75 Å². The third-order valence-electron chi connectivity index (χ3n) is 8.78. The van der Waals surface area contributed by atoms with Crippen LogP contribution < -0.4 is 4.74 Å². The number of piperidine rings is 1. The van der Waals surface area contributed by atoms with Gasteiger partial charge in [-0.2, -0.15) is 0 Å². The van der Waals surface area contributed by atoms with Crippen molar-refractivity contribution in [1.82, 2.24) is 4.90 Å². The molecule has 0 N–H and O–H groups in total. The third-order valence-corrected chi connectivity index (χ3v) is 8.78. The van der Waals surface area contributed by atoms with Gasteiger partial charge in [0.2, 0.25) is 5.91 Å². The van der Waals surface area contributed by atoms with Gasteiger partial charge in [-0.25, -0.2) is 0 Å². The zero-order valence-corrected chi connectivity index (χ0v) is 18.6. The van der Waals surface area contributed by atoms with E-state index >= 15 is 0 Å². The molecular weight excluding hydrogens is 390 g/mol. The fraction of sp³-hybridized carbons (Fsp3) is 0.577. The average molecular weight is 422 g/mol. The number of ether oxygens (including phenoxy) is 1. The molecule has 0 aromatic heterocycles. The van der Waals surface area contributed by atoms with Crippen molar-refractivity contribution >= 4 is 17.5 Å². The minimum atomic E-state index is -0.479. The Hall–Kier alpha value is -2.43. The van der Waals surface area contributed by atoms with Gasteiger partial charge < -0.3 is 9.64 Å². The van der Waals surface area contributed by atoms with Crippen LogP contribution in [0.4, 0.5) is 0 Å². The minimum absolute atomic E-state index is 0.0945. The van der Waals surface area contributed by atoms with Gasteiger partial charge in [-0.1, -0.05) is 32.1 Å². The summed E-state index contributed by atoms with van der Waals surface area (Å²) in [7, 11) is 1.64. The summed E-state index contributed by atoms with van der Waals surface area (Å²) in [5.41, 5.74) is 1.24. The molecule has 1 heterocycles. The third kappa shape index (κ3) is 2.92. The molecule has 31 heavy (non-hydrogen) atoms. The van der Waals surface area contributed by atoms with Crippen LogP contribution in [0.15, 0.2) is 36.0 Å². The van der Waals surface area contributed by atoms with Gasteiger partial charge in [0, 0.05) is 41.7 Å². The van der Waals surface area contributed by atoms with E-state index in [0.29, 0.717) is 32.2 Å². The molecule has 164 valence electrons. The molecule has 2 saturated carbocycles. The lowest BCUT2D eigenvalue weighted by Gasteiger charge is -2.56. The van der Waals surface area contributed by atoms with Gasteiger partial charge in [0.1, 0.15) is 17.3 Å². The van der Waals surface area contributed by atoms with Crippen LogP contribution in [0.3, 0.4) is 0 Å². The van der Waals surface area contributed by atoms with Crippen molar-refractivity contribution in [2.75, 3.05) is 7.11 Å². The molecule has 0 spiro atoms. The van der Waals surface area contributed by atoms with Crippen molar-refractivity contribution in [2.24, 2.45) is 28.6 Å². The molecule has 4 aliphatic rings. The van der Waals surface area contributed by atoms with Crippen LogP contribution in [0.5, 0.6) is 5.75 Å². The maximum atomic E-state index is 13.5. The number of Topliss-reactive ketones (excluding diaryl/α,β-unsaturated/α-hetero) is 2. The maximum Gasteiger partial charge on any atom is 0.227 e. The van der Waals surface area contributed by atoms with E-state index in [4.69, 9.17) is 4.74 Å². The van der Waals surface area contributed by atoms with Crippen LogP contribution in [0.1, 0.15) is 57.9 Å². The number of likely N-dealkylation sites (tertiary alicyclic amines) is 1. The van der Waals surface area contributed by atoms with Crippen LogP contribution >= 0.6 is 0 Å². The van der Waals surface area contributed by atoms with Gasteiger partial charge in [-0.05, 0) is 48.8 Å². The van der Waals surface area contributed by atoms with Crippen molar-refractivity contribution in [3.05, 3.63) is 41.6 Å². The molecule has 5 heteroatoms. The summed E-state index contributed by atoms with van der Waals surface area (Å²) in [6.07, 6.45) is 6.03. The number of hydrogen-bond acceptors (Lipinski definition) is 4. The lowest BCUT2D eigenvalue weighted by atomic mass is 9.49.